The van der Waals surface area contributed by atoms with Crippen molar-refractivity contribution >= 4 is 33.6 Å². The Morgan fingerprint density at radius 1 is 1.26 bits per heavy atom. The first kappa shape index (κ1) is 15.1. The van der Waals surface area contributed by atoms with Gasteiger partial charge in [-0.1, -0.05) is 6.58 Å². The van der Waals surface area contributed by atoms with Crippen LogP contribution in [-0.2, 0) is 0 Å². The number of rotatable bonds is 5. The first-order chi connectivity index (χ1) is 11.3. The average Bonchev–Trinajstić information content (AvgIpc) is 2.99. The van der Waals surface area contributed by atoms with Gasteiger partial charge in [-0.05, 0) is 42.8 Å². The second kappa shape index (κ2) is 6.98. The molecule has 0 saturated carbocycles. The van der Waals surface area contributed by atoms with Crippen LogP contribution in [0, 0.1) is 0 Å². The highest BCUT2D eigenvalue weighted by molar-refractivity contribution is 7.17. The van der Waals surface area contributed by atoms with Crippen LogP contribution in [-0.4, -0.2) is 16.2 Å². The van der Waals surface area contributed by atoms with Crippen molar-refractivity contribution in [3.8, 4) is 11.1 Å². The van der Waals surface area contributed by atoms with E-state index in [-0.39, 0.29) is 0 Å². The predicted octanol–water partition coefficient (Wildman–Crippen LogP) is 4.89. The molecule has 0 fully saturated rings. The third-order valence-electron chi connectivity index (χ3n) is 3.25. The van der Waals surface area contributed by atoms with Crippen LogP contribution >= 0.6 is 11.3 Å². The quantitative estimate of drug-likeness (QED) is 0.681. The number of thiophene rings is 1. The Hall–Kier alpha value is -2.79. The highest BCUT2D eigenvalue weighted by Gasteiger charge is 2.08. The van der Waals surface area contributed by atoms with Gasteiger partial charge in [-0.3, -0.25) is 9.98 Å². The number of fused-ring (bicyclic) bond motifs is 1. The molecule has 0 saturated heterocycles. The Balaban J connectivity index is 1.94. The van der Waals surface area contributed by atoms with Crippen LogP contribution in [0.1, 0.15) is 6.92 Å². The monoisotopic (exact) mass is 320 g/mol. The van der Waals surface area contributed by atoms with Gasteiger partial charge in [0.25, 0.3) is 0 Å². The molecule has 0 spiro atoms. The van der Waals surface area contributed by atoms with Gasteiger partial charge in [0, 0.05) is 41.4 Å². The third kappa shape index (κ3) is 3.52. The van der Waals surface area contributed by atoms with Gasteiger partial charge in [0.1, 0.15) is 5.82 Å². The molecule has 0 atom stereocenters. The number of hydrogen-bond acceptors (Lipinski definition) is 5. The first-order valence-electron chi connectivity index (χ1n) is 7.14. The van der Waals surface area contributed by atoms with Crippen LogP contribution in [0.15, 0.2) is 71.6 Å². The molecule has 0 aliphatic carbocycles. The van der Waals surface area contributed by atoms with E-state index in [9.17, 15) is 0 Å². The SMILES string of the molecule is C=CN=C/C=C(\C)Nc1ccc2scc(-c3ccncc3)c2n1. The summed E-state index contributed by atoms with van der Waals surface area (Å²) in [5, 5.41) is 5.41. The summed E-state index contributed by atoms with van der Waals surface area (Å²) < 4.78 is 1.16. The number of pyridine rings is 2. The summed E-state index contributed by atoms with van der Waals surface area (Å²) in [7, 11) is 0. The lowest BCUT2D eigenvalue weighted by molar-refractivity contribution is 1.30. The molecule has 23 heavy (non-hydrogen) atoms. The Kier molecular flexibility index (Phi) is 4.59. The van der Waals surface area contributed by atoms with E-state index < -0.39 is 0 Å². The molecule has 3 heterocycles. The minimum Gasteiger partial charge on any atom is -0.344 e. The summed E-state index contributed by atoms with van der Waals surface area (Å²) in [5.74, 6) is 0.812. The maximum atomic E-state index is 4.75. The molecule has 4 nitrogen and oxygen atoms in total. The molecule has 3 aromatic heterocycles. The molecule has 0 unspecified atom stereocenters. The summed E-state index contributed by atoms with van der Waals surface area (Å²) in [4.78, 5) is 12.8. The van der Waals surface area contributed by atoms with Crippen molar-refractivity contribution in [3.63, 3.8) is 0 Å². The van der Waals surface area contributed by atoms with E-state index in [1.807, 2.05) is 31.2 Å². The number of hydrogen-bond donors (Lipinski definition) is 1. The van der Waals surface area contributed by atoms with Gasteiger partial charge in [-0.15, -0.1) is 11.3 Å². The standard InChI is InChI=1S/C18H16N4S/c1-3-19-9-6-13(2)21-17-5-4-16-18(22-17)15(12-23-16)14-7-10-20-11-8-14/h3-12H,1H2,2H3,(H,21,22)/b13-6+,19-9?. The molecule has 0 amide bonds. The summed E-state index contributed by atoms with van der Waals surface area (Å²) in [5.41, 5.74) is 4.22. The maximum absolute atomic E-state index is 4.75. The summed E-state index contributed by atoms with van der Waals surface area (Å²) >= 11 is 1.70. The van der Waals surface area contributed by atoms with Crippen molar-refractivity contribution in [2.24, 2.45) is 4.99 Å². The topological polar surface area (TPSA) is 50.2 Å². The number of nitrogens with one attached hydrogen (secondary N) is 1. The molecule has 3 rings (SSSR count). The normalized spacial score (nSPS) is 12.0. The van der Waals surface area contributed by atoms with Crippen molar-refractivity contribution in [1.82, 2.24) is 9.97 Å². The molecule has 0 aromatic carbocycles. The lowest BCUT2D eigenvalue weighted by Crippen LogP contribution is -1.98. The molecule has 0 aliphatic heterocycles. The van der Waals surface area contributed by atoms with Crippen LogP contribution in [0.3, 0.4) is 0 Å². The lowest BCUT2D eigenvalue weighted by atomic mass is 10.1. The molecule has 3 aromatic rings. The van der Waals surface area contributed by atoms with Crippen LogP contribution in [0.4, 0.5) is 5.82 Å². The lowest BCUT2D eigenvalue weighted by Gasteiger charge is -2.06. The number of aromatic nitrogens is 2. The van der Waals surface area contributed by atoms with Gasteiger partial charge >= 0.3 is 0 Å². The fraction of sp³-hybridized carbons (Fsp3) is 0.0556. The second-order valence-corrected chi connectivity index (χ2v) is 5.80. The number of allylic oxidation sites excluding steroid dienone is 2. The fourth-order valence-electron chi connectivity index (χ4n) is 2.18. The summed E-state index contributed by atoms with van der Waals surface area (Å²) in [6.45, 7) is 5.52. The Morgan fingerprint density at radius 3 is 2.87 bits per heavy atom. The Bertz CT molecular complexity index is 878. The maximum Gasteiger partial charge on any atom is 0.130 e. The smallest absolute Gasteiger partial charge is 0.130 e. The van der Waals surface area contributed by atoms with Crippen molar-refractivity contribution < 1.29 is 0 Å². The molecular weight excluding hydrogens is 304 g/mol. The summed E-state index contributed by atoms with van der Waals surface area (Å²) in [6, 6.07) is 8.07. The van der Waals surface area contributed by atoms with E-state index in [1.54, 1.807) is 29.9 Å². The number of aliphatic imine (C=N–C) groups is 1. The fourth-order valence-corrected chi connectivity index (χ4v) is 3.08. The molecule has 5 heteroatoms. The Morgan fingerprint density at radius 2 is 2.09 bits per heavy atom. The van der Waals surface area contributed by atoms with Crippen LogP contribution in [0.2, 0.25) is 0 Å². The van der Waals surface area contributed by atoms with Gasteiger partial charge in [0.15, 0.2) is 0 Å². The zero-order chi connectivity index (χ0) is 16.1. The molecule has 1 N–H and O–H groups in total. The van der Waals surface area contributed by atoms with E-state index in [0.717, 1.165) is 32.9 Å². The van der Waals surface area contributed by atoms with Crippen molar-refractivity contribution in [1.29, 1.82) is 0 Å². The van der Waals surface area contributed by atoms with Crippen LogP contribution < -0.4 is 5.32 Å². The Labute approximate surface area is 139 Å². The van der Waals surface area contributed by atoms with Gasteiger partial charge in [-0.25, -0.2) is 4.98 Å². The minimum absolute atomic E-state index is 0.812. The van der Waals surface area contributed by atoms with Crippen molar-refractivity contribution in [2.45, 2.75) is 6.92 Å². The highest BCUT2D eigenvalue weighted by Crippen LogP contribution is 2.33. The molecule has 0 radical (unpaired) electrons. The van der Waals surface area contributed by atoms with Crippen molar-refractivity contribution in [3.05, 3.63) is 66.6 Å². The van der Waals surface area contributed by atoms with Gasteiger partial charge in [0.2, 0.25) is 0 Å². The van der Waals surface area contributed by atoms with E-state index in [2.05, 4.69) is 33.3 Å². The van der Waals surface area contributed by atoms with Gasteiger partial charge in [-0.2, -0.15) is 0 Å². The zero-order valence-electron chi connectivity index (χ0n) is 12.7. The van der Waals surface area contributed by atoms with E-state index >= 15 is 0 Å². The number of anilines is 1. The number of nitrogens with zero attached hydrogens (tertiary/aromatic N) is 3. The zero-order valence-corrected chi connectivity index (χ0v) is 13.5. The van der Waals surface area contributed by atoms with Gasteiger partial charge < -0.3 is 5.32 Å². The van der Waals surface area contributed by atoms with E-state index in [1.165, 1.54) is 6.20 Å². The molecule has 0 aliphatic rings. The first-order valence-corrected chi connectivity index (χ1v) is 8.02. The second-order valence-electron chi connectivity index (χ2n) is 4.88. The van der Waals surface area contributed by atoms with Crippen LogP contribution in [0.5, 0.6) is 0 Å². The minimum atomic E-state index is 0.812. The molecular formula is C18H16N4S. The van der Waals surface area contributed by atoms with Crippen molar-refractivity contribution in [2.75, 3.05) is 5.32 Å². The summed E-state index contributed by atoms with van der Waals surface area (Å²) in [6.07, 6.45) is 8.67. The predicted molar refractivity (Wildman–Crippen MR) is 98.9 cm³/mol. The third-order valence-corrected chi connectivity index (χ3v) is 4.19. The highest BCUT2D eigenvalue weighted by atomic mass is 32.1. The molecule has 114 valence electrons. The van der Waals surface area contributed by atoms with E-state index in [0.29, 0.717) is 0 Å². The van der Waals surface area contributed by atoms with Gasteiger partial charge in [0.05, 0.1) is 10.2 Å². The average molecular weight is 320 g/mol. The van der Waals surface area contributed by atoms with E-state index in [4.69, 9.17) is 4.98 Å². The molecule has 0 bridgehead atoms. The largest absolute Gasteiger partial charge is 0.344 e. The van der Waals surface area contributed by atoms with Crippen LogP contribution in [0.25, 0.3) is 21.3 Å².